The van der Waals surface area contributed by atoms with Crippen molar-refractivity contribution in [3.8, 4) is 0 Å². The summed E-state index contributed by atoms with van der Waals surface area (Å²) in [6.45, 7) is 2.61. The lowest BCUT2D eigenvalue weighted by Crippen LogP contribution is -2.51. The average Bonchev–Trinajstić information content (AvgIpc) is 2.88. The Labute approximate surface area is 193 Å². The van der Waals surface area contributed by atoms with Gasteiger partial charge in [0.2, 0.25) is 0 Å². The highest BCUT2D eigenvalue weighted by molar-refractivity contribution is 5.95. The van der Waals surface area contributed by atoms with Crippen LogP contribution in [0.25, 0.3) is 10.9 Å². The second-order valence-electron chi connectivity index (χ2n) is 9.00. The van der Waals surface area contributed by atoms with Crippen molar-refractivity contribution in [1.29, 1.82) is 0 Å². The molecule has 3 aromatic rings. The van der Waals surface area contributed by atoms with E-state index >= 15 is 0 Å². The van der Waals surface area contributed by atoms with Gasteiger partial charge in [0.05, 0.1) is 11.1 Å². The van der Waals surface area contributed by atoms with Gasteiger partial charge in [0, 0.05) is 37.8 Å². The highest BCUT2D eigenvalue weighted by atomic mass is 16.5. The monoisotopic (exact) mass is 444 g/mol. The molecule has 1 spiro atoms. The third-order valence-electron chi connectivity index (χ3n) is 6.82. The Morgan fingerprint density at radius 3 is 2.67 bits per heavy atom. The van der Waals surface area contributed by atoms with Gasteiger partial charge in [0.1, 0.15) is 11.4 Å². The standard InChI is InChI=1S/C26H28N4O3/c31-24(22-7-3-4-13-27-22)28-18-19-10-16-33-26(17-19)11-14-30(15-12-26)25(32)23-9-8-20-5-1-2-6-21(20)29-23/h1-9,13,19H,10-12,14-18H2,(H,28,31). The first-order valence-corrected chi connectivity index (χ1v) is 11.6. The Hall–Kier alpha value is -3.32. The molecule has 2 aliphatic heterocycles. The van der Waals surface area contributed by atoms with Gasteiger partial charge in [-0.2, -0.15) is 0 Å². The van der Waals surface area contributed by atoms with Crippen molar-refractivity contribution >= 4 is 22.7 Å². The van der Waals surface area contributed by atoms with Crippen molar-refractivity contribution in [2.75, 3.05) is 26.2 Å². The molecule has 7 nitrogen and oxygen atoms in total. The number of para-hydroxylation sites is 1. The summed E-state index contributed by atoms with van der Waals surface area (Å²) in [7, 11) is 0. The maximum absolute atomic E-state index is 13.1. The molecule has 1 N–H and O–H groups in total. The zero-order valence-corrected chi connectivity index (χ0v) is 18.6. The van der Waals surface area contributed by atoms with Gasteiger partial charge in [-0.1, -0.05) is 30.3 Å². The first-order valence-electron chi connectivity index (χ1n) is 11.6. The minimum atomic E-state index is -0.216. The van der Waals surface area contributed by atoms with Gasteiger partial charge in [0.15, 0.2) is 0 Å². The van der Waals surface area contributed by atoms with E-state index in [1.807, 2.05) is 47.4 Å². The summed E-state index contributed by atoms with van der Waals surface area (Å²) >= 11 is 0. The molecule has 2 saturated heterocycles. The Morgan fingerprint density at radius 1 is 1.03 bits per heavy atom. The number of benzene rings is 1. The normalized spacial score (nSPS) is 20.0. The van der Waals surface area contributed by atoms with E-state index in [1.54, 1.807) is 18.3 Å². The van der Waals surface area contributed by atoms with E-state index in [-0.39, 0.29) is 17.4 Å². The summed E-state index contributed by atoms with van der Waals surface area (Å²) in [6.07, 6.45) is 5.05. The highest BCUT2D eigenvalue weighted by Gasteiger charge is 2.41. The summed E-state index contributed by atoms with van der Waals surface area (Å²) < 4.78 is 6.24. The Bertz CT molecular complexity index is 1140. The molecule has 4 heterocycles. The SMILES string of the molecule is O=C(NCC1CCOC2(CCN(C(=O)c3ccc4ccccc4n3)CC2)C1)c1ccccn1. The van der Waals surface area contributed by atoms with Gasteiger partial charge in [-0.3, -0.25) is 14.6 Å². The summed E-state index contributed by atoms with van der Waals surface area (Å²) in [5, 5.41) is 4.05. The Balaban J connectivity index is 1.17. The summed E-state index contributed by atoms with van der Waals surface area (Å²) in [5.74, 6) is 0.195. The number of nitrogens with one attached hydrogen (secondary N) is 1. The third-order valence-corrected chi connectivity index (χ3v) is 6.82. The number of ether oxygens (including phenoxy) is 1. The number of aromatic nitrogens is 2. The molecule has 2 fully saturated rings. The number of fused-ring (bicyclic) bond motifs is 1. The molecule has 33 heavy (non-hydrogen) atoms. The second-order valence-corrected chi connectivity index (χ2v) is 9.00. The minimum Gasteiger partial charge on any atom is -0.375 e. The number of rotatable bonds is 4. The summed E-state index contributed by atoms with van der Waals surface area (Å²) in [5.41, 5.74) is 1.55. The highest BCUT2D eigenvalue weighted by Crippen LogP contribution is 2.37. The van der Waals surface area contributed by atoms with Crippen LogP contribution < -0.4 is 5.32 Å². The van der Waals surface area contributed by atoms with Crippen molar-refractivity contribution in [1.82, 2.24) is 20.2 Å². The number of hydrogen-bond donors (Lipinski definition) is 1. The number of carbonyl (C=O) groups is 2. The van der Waals surface area contributed by atoms with Gasteiger partial charge in [0.25, 0.3) is 11.8 Å². The molecule has 0 radical (unpaired) electrons. The molecular weight excluding hydrogens is 416 g/mol. The number of likely N-dealkylation sites (tertiary alicyclic amines) is 1. The topological polar surface area (TPSA) is 84.4 Å². The molecule has 1 unspecified atom stereocenters. The third kappa shape index (κ3) is 4.73. The maximum atomic E-state index is 13.1. The molecule has 1 atom stereocenters. The summed E-state index contributed by atoms with van der Waals surface area (Å²) in [4.78, 5) is 36.0. The van der Waals surface area contributed by atoms with Crippen LogP contribution in [0.2, 0.25) is 0 Å². The van der Waals surface area contributed by atoms with Gasteiger partial charge < -0.3 is 15.0 Å². The van der Waals surface area contributed by atoms with Crippen LogP contribution in [-0.4, -0.2) is 58.5 Å². The van der Waals surface area contributed by atoms with Crippen LogP contribution in [0.5, 0.6) is 0 Å². The fraction of sp³-hybridized carbons (Fsp3) is 0.385. The average molecular weight is 445 g/mol. The van der Waals surface area contributed by atoms with E-state index in [1.165, 1.54) is 0 Å². The number of nitrogens with zero attached hydrogens (tertiary/aromatic N) is 3. The lowest BCUT2D eigenvalue weighted by atomic mass is 9.79. The fourth-order valence-electron chi connectivity index (χ4n) is 4.94. The quantitative estimate of drug-likeness (QED) is 0.666. The molecule has 2 aromatic heterocycles. The molecule has 1 aromatic carbocycles. The molecule has 5 rings (SSSR count). The summed E-state index contributed by atoms with van der Waals surface area (Å²) in [6, 6.07) is 16.9. The Morgan fingerprint density at radius 2 is 1.85 bits per heavy atom. The van der Waals surface area contributed by atoms with Crippen molar-refractivity contribution in [3.05, 3.63) is 72.2 Å². The van der Waals surface area contributed by atoms with Crippen LogP contribution in [0, 0.1) is 5.92 Å². The Kier molecular flexibility index (Phi) is 6.05. The van der Waals surface area contributed by atoms with Crippen LogP contribution in [0.1, 0.15) is 46.7 Å². The van der Waals surface area contributed by atoms with Gasteiger partial charge in [-0.25, -0.2) is 4.98 Å². The first kappa shape index (κ1) is 21.5. The molecule has 2 aliphatic rings. The number of pyridine rings is 2. The number of hydrogen-bond acceptors (Lipinski definition) is 5. The molecule has 0 bridgehead atoms. The van der Waals surface area contributed by atoms with Crippen molar-refractivity contribution in [2.45, 2.75) is 31.3 Å². The van der Waals surface area contributed by atoms with E-state index < -0.39 is 0 Å². The largest absolute Gasteiger partial charge is 0.375 e. The van der Waals surface area contributed by atoms with E-state index in [4.69, 9.17) is 4.74 Å². The van der Waals surface area contributed by atoms with Crippen LogP contribution in [0.15, 0.2) is 60.8 Å². The lowest BCUT2D eigenvalue weighted by molar-refractivity contribution is -0.122. The smallest absolute Gasteiger partial charge is 0.272 e. The molecule has 0 aliphatic carbocycles. The lowest BCUT2D eigenvalue weighted by Gasteiger charge is -2.46. The van der Waals surface area contributed by atoms with Crippen molar-refractivity contribution in [2.24, 2.45) is 5.92 Å². The van der Waals surface area contributed by atoms with Crippen molar-refractivity contribution < 1.29 is 14.3 Å². The second kappa shape index (κ2) is 9.27. The number of carbonyl (C=O) groups excluding carboxylic acids is 2. The molecular formula is C26H28N4O3. The van der Waals surface area contributed by atoms with E-state index in [2.05, 4.69) is 15.3 Å². The van der Waals surface area contributed by atoms with Gasteiger partial charge in [-0.05, 0) is 55.9 Å². The molecule has 170 valence electrons. The van der Waals surface area contributed by atoms with Crippen molar-refractivity contribution in [3.63, 3.8) is 0 Å². The maximum Gasteiger partial charge on any atom is 0.272 e. The van der Waals surface area contributed by atoms with E-state index in [0.717, 1.165) is 36.6 Å². The predicted octanol–water partition coefficient (Wildman–Crippen LogP) is 3.46. The number of piperidine rings is 1. The van der Waals surface area contributed by atoms with Crippen LogP contribution >= 0.6 is 0 Å². The van der Waals surface area contributed by atoms with Crippen LogP contribution in [-0.2, 0) is 4.74 Å². The van der Waals surface area contributed by atoms with Gasteiger partial charge in [-0.15, -0.1) is 0 Å². The van der Waals surface area contributed by atoms with E-state index in [9.17, 15) is 9.59 Å². The van der Waals surface area contributed by atoms with Crippen LogP contribution in [0.4, 0.5) is 0 Å². The molecule has 7 heteroatoms. The number of amides is 2. The predicted molar refractivity (Wildman–Crippen MR) is 125 cm³/mol. The molecule has 2 amide bonds. The first-order chi connectivity index (χ1) is 16.1. The fourth-order valence-corrected chi connectivity index (χ4v) is 4.94. The zero-order valence-electron chi connectivity index (χ0n) is 18.6. The zero-order chi connectivity index (χ0) is 22.7. The van der Waals surface area contributed by atoms with Crippen LogP contribution in [0.3, 0.4) is 0 Å². The van der Waals surface area contributed by atoms with E-state index in [0.29, 0.717) is 43.5 Å². The molecule has 0 saturated carbocycles. The van der Waals surface area contributed by atoms with Gasteiger partial charge >= 0.3 is 0 Å². The minimum absolute atomic E-state index is 0.0226.